The summed E-state index contributed by atoms with van der Waals surface area (Å²) < 4.78 is 63.7. The number of unbranched alkanes of at least 4 members (excludes halogenated alkanes) is 1. The van der Waals surface area contributed by atoms with Crippen LogP contribution in [0.3, 0.4) is 0 Å². The van der Waals surface area contributed by atoms with Gasteiger partial charge in [0, 0.05) is 7.11 Å². The predicted molar refractivity (Wildman–Crippen MR) is 146 cm³/mol. The summed E-state index contributed by atoms with van der Waals surface area (Å²) in [5.74, 6) is -0.343. The van der Waals surface area contributed by atoms with Gasteiger partial charge in [-0.05, 0) is 6.42 Å². The number of ether oxygens (including phenoxy) is 12. The van der Waals surface area contributed by atoms with Crippen LogP contribution in [0, 0.1) is 0 Å². The molecule has 0 aromatic rings. The smallest absolute Gasteiger partial charge is 0.332 e. The van der Waals surface area contributed by atoms with Crippen LogP contribution < -0.4 is 0 Å². The molecular weight excluding hydrogens is 532 g/mol. The van der Waals surface area contributed by atoms with E-state index in [-0.39, 0.29) is 12.6 Å². The van der Waals surface area contributed by atoms with Crippen LogP contribution in [0.5, 0.6) is 0 Å². The average molecular weight is 587 g/mol. The van der Waals surface area contributed by atoms with Crippen molar-refractivity contribution in [3.05, 3.63) is 0 Å². The summed E-state index contributed by atoms with van der Waals surface area (Å²) in [5.41, 5.74) is 0. The van der Waals surface area contributed by atoms with Crippen LogP contribution in [-0.4, -0.2) is 158 Å². The highest BCUT2D eigenvalue weighted by Gasteiger charge is 2.02. The third kappa shape index (κ3) is 35.1. The highest BCUT2D eigenvalue weighted by molar-refractivity contribution is 5.70. The number of esters is 1. The zero-order chi connectivity index (χ0) is 29.0. The lowest BCUT2D eigenvalue weighted by molar-refractivity contribution is -0.149. The molecule has 0 fully saturated rings. The molecule has 40 heavy (non-hydrogen) atoms. The fourth-order valence-corrected chi connectivity index (χ4v) is 2.65. The normalized spacial score (nSPS) is 11.3. The molecule has 0 saturated heterocycles. The van der Waals surface area contributed by atoms with Crippen molar-refractivity contribution in [3.63, 3.8) is 0 Å². The lowest BCUT2D eigenvalue weighted by Crippen LogP contribution is -2.17. The molecule has 13 heteroatoms. The molecule has 0 aliphatic carbocycles. The minimum Gasteiger partial charge on any atom is -0.464 e. The van der Waals surface area contributed by atoms with Crippen LogP contribution in [-0.2, 0) is 61.6 Å². The number of hydrogen-bond donors (Lipinski definition) is 0. The zero-order valence-electron chi connectivity index (χ0n) is 24.8. The van der Waals surface area contributed by atoms with E-state index in [4.69, 9.17) is 56.8 Å². The van der Waals surface area contributed by atoms with Gasteiger partial charge in [0.05, 0.1) is 139 Å². The van der Waals surface area contributed by atoms with Crippen molar-refractivity contribution in [2.24, 2.45) is 0 Å². The van der Waals surface area contributed by atoms with Gasteiger partial charge in [0.1, 0.15) is 6.61 Å². The minimum atomic E-state index is -0.343. The van der Waals surface area contributed by atoms with Crippen LogP contribution in [0.2, 0.25) is 0 Å². The van der Waals surface area contributed by atoms with Gasteiger partial charge in [-0.1, -0.05) is 13.3 Å². The van der Waals surface area contributed by atoms with Crippen molar-refractivity contribution < 1.29 is 61.6 Å². The summed E-state index contributed by atoms with van der Waals surface area (Å²) in [6.07, 6.45) is 1.85. The van der Waals surface area contributed by atoms with E-state index >= 15 is 0 Å². The molecule has 0 bridgehead atoms. The highest BCUT2D eigenvalue weighted by Crippen LogP contribution is 1.90. The lowest BCUT2D eigenvalue weighted by atomic mass is 10.4. The van der Waals surface area contributed by atoms with Gasteiger partial charge in [-0.2, -0.15) is 0 Å². The van der Waals surface area contributed by atoms with Crippen LogP contribution in [0.15, 0.2) is 0 Å². The van der Waals surface area contributed by atoms with Gasteiger partial charge in [-0.3, -0.25) is 0 Å². The molecule has 240 valence electrons. The van der Waals surface area contributed by atoms with Gasteiger partial charge in [0.25, 0.3) is 0 Å². The SMILES string of the molecule is CCCCOC(=O)COCCOCCOCCOCCOCCOCCOCCOCCOCCOCCOC. The Morgan fingerprint density at radius 1 is 0.400 bits per heavy atom. The topological polar surface area (TPSA) is 128 Å². The molecule has 0 radical (unpaired) electrons. The summed E-state index contributed by atoms with van der Waals surface area (Å²) in [4.78, 5) is 11.3. The molecule has 0 aromatic carbocycles. The van der Waals surface area contributed by atoms with Crippen molar-refractivity contribution in [2.75, 3.05) is 152 Å². The molecule has 0 aromatic heterocycles. The summed E-state index contributed by atoms with van der Waals surface area (Å²) in [7, 11) is 1.64. The second-order valence-electron chi connectivity index (χ2n) is 8.13. The molecule has 0 heterocycles. The van der Waals surface area contributed by atoms with Gasteiger partial charge >= 0.3 is 5.97 Å². The Morgan fingerprint density at radius 2 is 0.675 bits per heavy atom. The first kappa shape index (κ1) is 39.0. The minimum absolute atomic E-state index is 0.0466. The monoisotopic (exact) mass is 586 g/mol. The number of hydrogen-bond acceptors (Lipinski definition) is 13. The maximum absolute atomic E-state index is 11.3. The summed E-state index contributed by atoms with van der Waals surface area (Å²) in [5, 5.41) is 0. The van der Waals surface area contributed by atoms with Gasteiger partial charge in [0.15, 0.2) is 0 Å². The van der Waals surface area contributed by atoms with E-state index in [9.17, 15) is 4.79 Å². The van der Waals surface area contributed by atoms with Crippen LogP contribution in [0.1, 0.15) is 19.8 Å². The van der Waals surface area contributed by atoms with Crippen molar-refractivity contribution in [1.82, 2.24) is 0 Å². The number of rotatable bonds is 35. The second-order valence-corrected chi connectivity index (χ2v) is 8.13. The Hall–Kier alpha value is -0.970. The standard InChI is InChI=1S/C27H54O13/c1-3-4-5-40-27(28)26-39-25-24-38-23-22-37-21-20-36-19-18-35-17-16-34-15-14-33-13-12-32-11-10-31-9-8-30-7-6-29-2/h3-26H2,1-2H3. The largest absolute Gasteiger partial charge is 0.464 e. The van der Waals surface area contributed by atoms with Crippen LogP contribution in [0.4, 0.5) is 0 Å². The Labute approximate surface area is 240 Å². The molecule has 0 N–H and O–H groups in total. The van der Waals surface area contributed by atoms with E-state index in [0.29, 0.717) is 139 Å². The highest BCUT2D eigenvalue weighted by atomic mass is 16.6. The van der Waals surface area contributed by atoms with E-state index < -0.39 is 0 Å². The van der Waals surface area contributed by atoms with Gasteiger partial charge in [0.2, 0.25) is 0 Å². The van der Waals surface area contributed by atoms with E-state index in [1.54, 1.807) is 7.11 Å². The first-order valence-corrected chi connectivity index (χ1v) is 14.2. The Balaban J connectivity index is 3.06. The van der Waals surface area contributed by atoms with Gasteiger partial charge in [-0.15, -0.1) is 0 Å². The van der Waals surface area contributed by atoms with Gasteiger partial charge < -0.3 is 56.8 Å². The molecule has 0 aliphatic heterocycles. The number of methoxy groups -OCH3 is 1. The van der Waals surface area contributed by atoms with Crippen molar-refractivity contribution in [3.8, 4) is 0 Å². The Bertz CT molecular complexity index is 485. The molecule has 0 rings (SSSR count). The molecule has 0 saturated carbocycles. The first-order valence-electron chi connectivity index (χ1n) is 14.2. The Morgan fingerprint density at radius 3 is 0.950 bits per heavy atom. The van der Waals surface area contributed by atoms with Gasteiger partial charge in [-0.25, -0.2) is 4.79 Å². The number of carbonyl (C=O) groups is 1. The predicted octanol–water partition coefficient (Wildman–Crippen LogP) is 1.14. The maximum Gasteiger partial charge on any atom is 0.332 e. The molecule has 0 atom stereocenters. The van der Waals surface area contributed by atoms with Crippen LogP contribution >= 0.6 is 0 Å². The second kappa shape index (κ2) is 36.1. The van der Waals surface area contributed by atoms with E-state index in [1.165, 1.54) is 0 Å². The summed E-state index contributed by atoms with van der Waals surface area (Å²) in [6, 6.07) is 0. The molecular formula is C27H54O13. The molecule has 0 spiro atoms. The number of carbonyl (C=O) groups excluding carboxylic acids is 1. The first-order chi connectivity index (χ1) is 19.8. The molecule has 0 amide bonds. The zero-order valence-corrected chi connectivity index (χ0v) is 24.8. The summed E-state index contributed by atoms with van der Waals surface area (Å²) in [6.45, 7) is 12.4. The van der Waals surface area contributed by atoms with Crippen molar-refractivity contribution in [2.45, 2.75) is 19.8 Å². The fraction of sp³-hybridized carbons (Fsp3) is 0.963. The molecule has 13 nitrogen and oxygen atoms in total. The average Bonchev–Trinajstić information content (AvgIpc) is 2.96. The van der Waals surface area contributed by atoms with E-state index in [0.717, 1.165) is 12.8 Å². The van der Waals surface area contributed by atoms with Crippen molar-refractivity contribution in [1.29, 1.82) is 0 Å². The third-order valence-electron chi connectivity index (χ3n) is 4.76. The summed E-state index contributed by atoms with van der Waals surface area (Å²) >= 11 is 0. The molecule has 0 aliphatic rings. The van der Waals surface area contributed by atoms with Crippen LogP contribution in [0.25, 0.3) is 0 Å². The maximum atomic E-state index is 11.3. The Kier molecular flexibility index (Phi) is 35.2. The van der Waals surface area contributed by atoms with E-state index in [2.05, 4.69) is 0 Å². The quantitative estimate of drug-likeness (QED) is 0.0779. The molecule has 0 unspecified atom stereocenters. The lowest BCUT2D eigenvalue weighted by Gasteiger charge is -2.09. The van der Waals surface area contributed by atoms with E-state index in [1.807, 2.05) is 6.92 Å². The third-order valence-corrected chi connectivity index (χ3v) is 4.76. The van der Waals surface area contributed by atoms with Crippen molar-refractivity contribution >= 4 is 5.97 Å². The fourth-order valence-electron chi connectivity index (χ4n) is 2.65.